The first-order valence-corrected chi connectivity index (χ1v) is 14.7. The number of hydrogen-bond donors (Lipinski definition) is 0. The SMILES string of the molecule is C=CCN(C)[C@@H]1c2onc(OCCCC)c2C(=O)[C@@]2(O[Si](C)(C)C(C)(C)C)C(=O)C=CCC12. The smallest absolute Gasteiger partial charge is 0.265 e. The van der Waals surface area contributed by atoms with Crippen LogP contribution in [-0.2, 0) is 9.22 Å². The Morgan fingerprint density at radius 1 is 1.36 bits per heavy atom. The molecule has 33 heavy (non-hydrogen) atoms. The van der Waals surface area contributed by atoms with E-state index in [2.05, 4.69) is 52.5 Å². The molecule has 0 amide bonds. The van der Waals surface area contributed by atoms with E-state index in [4.69, 9.17) is 13.7 Å². The predicted molar refractivity (Wildman–Crippen MR) is 130 cm³/mol. The zero-order chi connectivity index (χ0) is 24.6. The Balaban J connectivity index is 2.23. The first-order chi connectivity index (χ1) is 15.4. The van der Waals surface area contributed by atoms with Gasteiger partial charge >= 0.3 is 0 Å². The average Bonchev–Trinajstić information content (AvgIpc) is 3.13. The number of fused-ring (bicyclic) bond motifs is 2. The number of Topliss-reactive ketones (excluding diaryl/α,β-unsaturated/α-hetero) is 1. The van der Waals surface area contributed by atoms with Gasteiger partial charge in [0, 0.05) is 12.5 Å². The number of carbonyl (C=O) groups excluding carboxylic acids is 2. The number of allylic oxidation sites excluding steroid dienone is 1. The van der Waals surface area contributed by atoms with Crippen molar-refractivity contribution in [1.29, 1.82) is 0 Å². The number of rotatable bonds is 9. The highest BCUT2D eigenvalue weighted by Crippen LogP contribution is 2.53. The molecule has 3 atom stereocenters. The van der Waals surface area contributed by atoms with Gasteiger partial charge in [-0.2, -0.15) is 0 Å². The molecule has 1 heterocycles. The van der Waals surface area contributed by atoms with Gasteiger partial charge < -0.3 is 13.7 Å². The summed E-state index contributed by atoms with van der Waals surface area (Å²) in [7, 11) is -0.595. The second-order valence-corrected chi connectivity index (χ2v) is 15.4. The fraction of sp³-hybridized carbons (Fsp3) is 0.640. The first-order valence-electron chi connectivity index (χ1n) is 11.8. The van der Waals surface area contributed by atoms with E-state index in [-0.39, 0.29) is 28.3 Å². The van der Waals surface area contributed by atoms with Crippen molar-refractivity contribution in [3.05, 3.63) is 36.1 Å². The molecule has 0 spiro atoms. The molecule has 1 unspecified atom stereocenters. The summed E-state index contributed by atoms with van der Waals surface area (Å²) in [5, 5.41) is 3.94. The summed E-state index contributed by atoms with van der Waals surface area (Å²) in [4.78, 5) is 29.9. The lowest BCUT2D eigenvalue weighted by Crippen LogP contribution is -2.66. The summed E-state index contributed by atoms with van der Waals surface area (Å²) in [5.41, 5.74) is -1.38. The monoisotopic (exact) mass is 474 g/mol. The molecule has 2 aliphatic carbocycles. The summed E-state index contributed by atoms with van der Waals surface area (Å²) in [6, 6.07) is -0.384. The number of ether oxygens (including phenoxy) is 1. The molecule has 0 N–H and O–H groups in total. The number of aromatic nitrogens is 1. The van der Waals surface area contributed by atoms with Crippen molar-refractivity contribution in [3.63, 3.8) is 0 Å². The maximum atomic E-state index is 14.3. The molecule has 0 aliphatic heterocycles. The van der Waals surface area contributed by atoms with Gasteiger partial charge in [-0.3, -0.25) is 14.5 Å². The van der Waals surface area contributed by atoms with Crippen molar-refractivity contribution >= 4 is 19.9 Å². The summed E-state index contributed by atoms with van der Waals surface area (Å²) >= 11 is 0. The number of nitrogens with zero attached hydrogens (tertiary/aromatic N) is 2. The fourth-order valence-electron chi connectivity index (χ4n) is 4.46. The van der Waals surface area contributed by atoms with Gasteiger partial charge in [0.05, 0.1) is 12.6 Å². The lowest BCUT2D eigenvalue weighted by Gasteiger charge is -2.52. The van der Waals surface area contributed by atoms with Gasteiger partial charge in [-0.25, -0.2) is 0 Å². The van der Waals surface area contributed by atoms with E-state index in [1.165, 1.54) is 6.08 Å². The highest BCUT2D eigenvalue weighted by molar-refractivity contribution is 6.74. The normalized spacial score (nSPS) is 25.2. The van der Waals surface area contributed by atoms with Crippen LogP contribution in [0.1, 0.15) is 69.1 Å². The van der Waals surface area contributed by atoms with Crippen LogP contribution >= 0.6 is 0 Å². The second kappa shape index (κ2) is 9.31. The van der Waals surface area contributed by atoms with Crippen molar-refractivity contribution < 1.29 is 23.3 Å². The molecule has 182 valence electrons. The maximum absolute atomic E-state index is 14.3. The average molecular weight is 475 g/mol. The van der Waals surface area contributed by atoms with E-state index >= 15 is 0 Å². The van der Waals surface area contributed by atoms with Crippen LogP contribution in [0.2, 0.25) is 18.1 Å². The van der Waals surface area contributed by atoms with Crippen molar-refractivity contribution in [3.8, 4) is 5.88 Å². The number of ketones is 2. The minimum atomic E-state index is -2.53. The predicted octanol–water partition coefficient (Wildman–Crippen LogP) is 5.11. The standard InChI is InChI=1S/C25H38N2O5Si/c1-9-11-16-30-23-19-21(31-26-23)20(27(6)15-10-2)17-13-12-14-18(28)25(17,22(19)29)32-33(7,8)24(3,4)5/h10,12,14,17,20H,2,9,11,13,15-16H2,1,3-8H3/t17?,20-,25-/m0/s1. The van der Waals surface area contributed by atoms with Crippen LogP contribution in [0, 0.1) is 5.92 Å². The number of unbranched alkanes of at least 4 members (excludes halogenated alkanes) is 1. The van der Waals surface area contributed by atoms with Crippen LogP contribution in [-0.4, -0.2) is 55.7 Å². The third kappa shape index (κ3) is 4.28. The minimum Gasteiger partial charge on any atom is -0.475 e. The molecule has 0 radical (unpaired) electrons. The van der Waals surface area contributed by atoms with Crippen molar-refractivity contribution in [2.75, 3.05) is 20.2 Å². The van der Waals surface area contributed by atoms with Crippen LogP contribution in [0.15, 0.2) is 29.3 Å². The number of carbonyl (C=O) groups is 2. The lowest BCUT2D eigenvalue weighted by atomic mass is 9.65. The minimum absolute atomic E-state index is 0.152. The molecule has 0 bridgehead atoms. The van der Waals surface area contributed by atoms with Crippen LogP contribution in [0.25, 0.3) is 0 Å². The van der Waals surface area contributed by atoms with Crippen molar-refractivity contribution in [1.82, 2.24) is 10.1 Å². The lowest BCUT2D eigenvalue weighted by molar-refractivity contribution is -0.135. The third-order valence-corrected chi connectivity index (χ3v) is 11.7. The molecule has 2 aliphatic rings. The first kappa shape index (κ1) is 25.6. The largest absolute Gasteiger partial charge is 0.475 e. The van der Waals surface area contributed by atoms with E-state index < -0.39 is 25.6 Å². The Kier molecular flexibility index (Phi) is 7.22. The zero-order valence-electron chi connectivity index (χ0n) is 21.1. The van der Waals surface area contributed by atoms with Gasteiger partial charge in [0.1, 0.15) is 5.56 Å². The summed E-state index contributed by atoms with van der Waals surface area (Å²) < 4.78 is 18.4. The Labute approximate surface area is 198 Å². The number of hydrogen-bond acceptors (Lipinski definition) is 7. The van der Waals surface area contributed by atoms with Crippen LogP contribution < -0.4 is 4.74 Å². The number of likely N-dealkylation sites (N-methyl/N-ethyl adjacent to an activating group) is 1. The fourth-order valence-corrected chi connectivity index (χ4v) is 5.91. The summed E-state index contributed by atoms with van der Waals surface area (Å²) in [6.07, 6.45) is 7.42. The molecule has 0 aromatic carbocycles. The summed E-state index contributed by atoms with van der Waals surface area (Å²) in [5.74, 6) is -0.544. The molecule has 0 saturated heterocycles. The maximum Gasteiger partial charge on any atom is 0.265 e. The van der Waals surface area contributed by atoms with Gasteiger partial charge in [0.25, 0.3) is 5.88 Å². The third-order valence-electron chi connectivity index (χ3n) is 7.30. The molecular weight excluding hydrogens is 436 g/mol. The summed E-state index contributed by atoms with van der Waals surface area (Å²) in [6.45, 7) is 17.4. The van der Waals surface area contributed by atoms with Gasteiger partial charge in [-0.15, -0.1) is 6.58 Å². The molecule has 7 nitrogen and oxygen atoms in total. The Bertz CT molecular complexity index is 945. The molecule has 1 aromatic heterocycles. The Morgan fingerprint density at radius 2 is 2.06 bits per heavy atom. The zero-order valence-corrected chi connectivity index (χ0v) is 22.1. The van der Waals surface area contributed by atoms with Gasteiger partial charge in [-0.1, -0.05) is 46.3 Å². The van der Waals surface area contributed by atoms with Crippen LogP contribution in [0.3, 0.4) is 0 Å². The van der Waals surface area contributed by atoms with E-state index in [1.54, 1.807) is 6.08 Å². The van der Waals surface area contributed by atoms with E-state index in [9.17, 15) is 9.59 Å². The van der Waals surface area contributed by atoms with Crippen LogP contribution in [0.4, 0.5) is 0 Å². The quantitative estimate of drug-likeness (QED) is 0.213. The Morgan fingerprint density at radius 3 is 2.67 bits per heavy atom. The molecule has 8 heteroatoms. The molecule has 0 saturated carbocycles. The molecule has 3 rings (SSSR count). The van der Waals surface area contributed by atoms with Crippen molar-refractivity contribution in [2.45, 2.75) is 76.7 Å². The van der Waals surface area contributed by atoms with E-state index in [0.717, 1.165) is 12.8 Å². The molecular formula is C25H38N2O5Si. The van der Waals surface area contributed by atoms with E-state index in [0.29, 0.717) is 25.3 Å². The van der Waals surface area contributed by atoms with E-state index in [1.807, 2.05) is 18.0 Å². The van der Waals surface area contributed by atoms with Crippen LogP contribution in [0.5, 0.6) is 5.88 Å². The van der Waals surface area contributed by atoms with Crippen molar-refractivity contribution in [2.24, 2.45) is 5.92 Å². The molecule has 1 aromatic rings. The Hall–Kier alpha value is -2.03. The highest BCUT2D eigenvalue weighted by Gasteiger charge is 2.65. The molecule has 0 fully saturated rings. The topological polar surface area (TPSA) is 81.9 Å². The highest BCUT2D eigenvalue weighted by atomic mass is 28.4. The second-order valence-electron chi connectivity index (χ2n) is 10.6. The van der Waals surface area contributed by atoms with Gasteiger partial charge in [-0.05, 0) is 49.3 Å². The van der Waals surface area contributed by atoms with Gasteiger partial charge in [0.15, 0.2) is 25.5 Å². The van der Waals surface area contributed by atoms with Gasteiger partial charge in [0.2, 0.25) is 5.78 Å².